The van der Waals surface area contributed by atoms with E-state index in [0.29, 0.717) is 47.0 Å². The molecular weight excluding hydrogens is 472 g/mol. The standard InChI is InChI=1S/C25H33N9O2.H3N.2H2/c1-15-21(25(2,3)34(29)24(28)32(15)4)23(35)31-17-5-6-19(26)18(14-17)22(27)16-7-8-30-20(13-16)33-9-11-36-12-10-33;;;/h5-8,13-14,27-28H,9-12,26,29H2,1-4H3,(H,31,35);1H3;2*1H. The molecule has 12 nitrogen and oxygen atoms in total. The minimum Gasteiger partial charge on any atom is -0.398 e. The molecule has 3 heterocycles. The summed E-state index contributed by atoms with van der Waals surface area (Å²) in [6, 6.07) is 8.72. The van der Waals surface area contributed by atoms with Crippen molar-refractivity contribution in [3.05, 3.63) is 58.9 Å². The first kappa shape index (κ1) is 27.6. The summed E-state index contributed by atoms with van der Waals surface area (Å²) in [4.78, 5) is 21.5. The molecule has 37 heavy (non-hydrogen) atoms. The van der Waals surface area contributed by atoms with Gasteiger partial charge < -0.3 is 31.7 Å². The van der Waals surface area contributed by atoms with Crippen molar-refractivity contribution in [3.63, 3.8) is 0 Å². The van der Waals surface area contributed by atoms with Gasteiger partial charge in [0.15, 0.2) is 0 Å². The second kappa shape index (κ2) is 10.5. The number of hydrazine groups is 1. The highest BCUT2D eigenvalue weighted by Crippen LogP contribution is 2.32. The molecule has 1 saturated heterocycles. The Balaban J connectivity index is 0.00000253. The minimum absolute atomic E-state index is 0. The zero-order valence-corrected chi connectivity index (χ0v) is 21.8. The van der Waals surface area contributed by atoms with Crippen LogP contribution in [0.4, 0.5) is 17.2 Å². The molecule has 2 aliphatic heterocycles. The number of nitrogens with one attached hydrogen (secondary N) is 3. The van der Waals surface area contributed by atoms with Crippen LogP contribution in [-0.2, 0) is 9.53 Å². The summed E-state index contributed by atoms with van der Waals surface area (Å²) in [5.41, 5.74) is 8.76. The van der Waals surface area contributed by atoms with Crippen molar-refractivity contribution in [3.8, 4) is 0 Å². The summed E-state index contributed by atoms with van der Waals surface area (Å²) < 4.78 is 5.42. The molecule has 2 aromatic rings. The van der Waals surface area contributed by atoms with Crippen molar-refractivity contribution in [1.82, 2.24) is 21.0 Å². The first-order valence-electron chi connectivity index (χ1n) is 11.7. The fourth-order valence-electron chi connectivity index (χ4n) is 4.50. The first-order valence-corrected chi connectivity index (χ1v) is 11.7. The fourth-order valence-corrected chi connectivity index (χ4v) is 4.50. The molecular formula is C25H40N10O2. The number of carbonyl (C=O) groups is 1. The van der Waals surface area contributed by atoms with E-state index in [2.05, 4.69) is 15.2 Å². The van der Waals surface area contributed by atoms with Crippen LogP contribution in [-0.4, -0.2) is 71.4 Å². The molecule has 4 rings (SSSR count). The molecule has 1 amide bonds. The van der Waals surface area contributed by atoms with Gasteiger partial charge in [0.05, 0.1) is 30.0 Å². The number of nitrogens with zero attached hydrogens (tertiary/aromatic N) is 4. The van der Waals surface area contributed by atoms with Crippen LogP contribution in [0.25, 0.3) is 0 Å². The van der Waals surface area contributed by atoms with Crippen LogP contribution >= 0.6 is 0 Å². The SMILES string of the molecule is CC1=C(C(=O)Nc2ccc(N)c(C(=N)c3ccnc(N4CCOCC4)c3)c2)C(C)(C)N(N)C(=N)N1C.N.[HH].[HH]. The number of pyridine rings is 1. The molecule has 0 radical (unpaired) electrons. The second-order valence-electron chi connectivity index (χ2n) is 9.41. The van der Waals surface area contributed by atoms with E-state index in [1.54, 1.807) is 63.2 Å². The largest absolute Gasteiger partial charge is 0.398 e. The van der Waals surface area contributed by atoms with E-state index in [1.165, 1.54) is 5.01 Å². The molecule has 0 saturated carbocycles. The number of morpholine rings is 1. The van der Waals surface area contributed by atoms with Crippen LogP contribution in [0, 0.1) is 10.8 Å². The van der Waals surface area contributed by atoms with Crippen LogP contribution in [0.2, 0.25) is 0 Å². The van der Waals surface area contributed by atoms with Crippen molar-refractivity contribution >= 4 is 34.8 Å². The Morgan fingerprint density at radius 2 is 1.89 bits per heavy atom. The van der Waals surface area contributed by atoms with E-state index in [0.717, 1.165) is 18.9 Å². The van der Waals surface area contributed by atoms with Gasteiger partial charge in [-0.15, -0.1) is 0 Å². The van der Waals surface area contributed by atoms with Crippen LogP contribution in [0.3, 0.4) is 0 Å². The Morgan fingerprint density at radius 3 is 2.57 bits per heavy atom. The molecule has 1 aromatic carbocycles. The smallest absolute Gasteiger partial charge is 0.255 e. The lowest BCUT2D eigenvalue weighted by atomic mass is 9.88. The Bertz CT molecular complexity index is 1260. The summed E-state index contributed by atoms with van der Waals surface area (Å²) in [6.45, 7) is 8.16. The minimum atomic E-state index is -0.895. The van der Waals surface area contributed by atoms with E-state index in [9.17, 15) is 4.79 Å². The summed E-state index contributed by atoms with van der Waals surface area (Å²) >= 11 is 0. The topological polar surface area (TPSA) is 196 Å². The Hall–Kier alpha value is -4.00. The van der Waals surface area contributed by atoms with Gasteiger partial charge in [0.2, 0.25) is 5.96 Å². The number of ether oxygens (including phenoxy) is 1. The van der Waals surface area contributed by atoms with Gasteiger partial charge in [-0.3, -0.25) is 20.6 Å². The number of allylic oxidation sites excluding steroid dienone is 1. The van der Waals surface area contributed by atoms with Crippen molar-refractivity contribution in [2.75, 3.05) is 49.3 Å². The van der Waals surface area contributed by atoms with Crippen molar-refractivity contribution in [2.45, 2.75) is 26.3 Å². The third kappa shape index (κ3) is 5.12. The summed E-state index contributed by atoms with van der Waals surface area (Å²) in [6.07, 6.45) is 1.68. The molecule has 0 spiro atoms. The van der Waals surface area contributed by atoms with Gasteiger partial charge in [0.25, 0.3) is 5.91 Å². The number of rotatable bonds is 5. The van der Waals surface area contributed by atoms with Gasteiger partial charge in [-0.25, -0.2) is 10.8 Å². The number of nitrogens with two attached hydrogens (primary N) is 2. The number of amides is 1. The number of anilines is 3. The highest BCUT2D eigenvalue weighted by atomic mass is 16.5. The number of benzene rings is 1. The molecule has 202 valence electrons. The number of carbonyl (C=O) groups excluding carboxylic acids is 1. The Kier molecular flexibility index (Phi) is 7.86. The van der Waals surface area contributed by atoms with Crippen molar-refractivity contribution < 1.29 is 12.4 Å². The van der Waals surface area contributed by atoms with Gasteiger partial charge in [0.1, 0.15) is 5.82 Å². The highest BCUT2D eigenvalue weighted by molar-refractivity contribution is 6.15. The number of hydrogen-bond donors (Lipinski definition) is 6. The molecule has 2 aliphatic rings. The number of guanidine groups is 1. The predicted molar refractivity (Wildman–Crippen MR) is 150 cm³/mol. The fraction of sp³-hybridized carbons (Fsp3) is 0.360. The molecule has 0 atom stereocenters. The van der Waals surface area contributed by atoms with E-state index in [1.807, 2.05) is 6.07 Å². The van der Waals surface area contributed by atoms with E-state index >= 15 is 0 Å². The van der Waals surface area contributed by atoms with Gasteiger partial charge in [-0.1, -0.05) is 0 Å². The van der Waals surface area contributed by atoms with Gasteiger partial charge >= 0.3 is 0 Å². The predicted octanol–water partition coefficient (Wildman–Crippen LogP) is 2.62. The first-order chi connectivity index (χ1) is 17.0. The average Bonchev–Trinajstić information content (AvgIpc) is 2.87. The van der Waals surface area contributed by atoms with Gasteiger partial charge in [-0.2, -0.15) is 0 Å². The maximum atomic E-state index is 13.4. The summed E-state index contributed by atoms with van der Waals surface area (Å²) in [5.74, 6) is 6.68. The zero-order valence-electron chi connectivity index (χ0n) is 21.8. The van der Waals surface area contributed by atoms with Crippen molar-refractivity contribution in [2.24, 2.45) is 5.84 Å². The Labute approximate surface area is 219 Å². The summed E-state index contributed by atoms with van der Waals surface area (Å²) in [5, 5.41) is 21.3. The summed E-state index contributed by atoms with van der Waals surface area (Å²) in [7, 11) is 1.70. The number of nitrogen functional groups attached to an aromatic ring is 1. The van der Waals surface area contributed by atoms with Gasteiger partial charge in [0, 0.05) is 57.4 Å². The Morgan fingerprint density at radius 1 is 1.22 bits per heavy atom. The highest BCUT2D eigenvalue weighted by Gasteiger charge is 2.42. The third-order valence-electron chi connectivity index (χ3n) is 6.80. The third-order valence-corrected chi connectivity index (χ3v) is 6.80. The monoisotopic (exact) mass is 512 g/mol. The lowest BCUT2D eigenvalue weighted by Gasteiger charge is -2.46. The second-order valence-corrected chi connectivity index (χ2v) is 9.41. The molecule has 12 heteroatoms. The average molecular weight is 513 g/mol. The normalized spacial score (nSPS) is 17.4. The van der Waals surface area contributed by atoms with Crippen LogP contribution < -0.4 is 27.9 Å². The maximum absolute atomic E-state index is 13.4. The molecule has 10 N–H and O–H groups in total. The maximum Gasteiger partial charge on any atom is 0.255 e. The molecule has 0 bridgehead atoms. The van der Waals surface area contributed by atoms with Crippen LogP contribution in [0.15, 0.2) is 47.8 Å². The zero-order chi connectivity index (χ0) is 26.2. The quantitative estimate of drug-likeness (QED) is 0.198. The van der Waals surface area contributed by atoms with Crippen LogP contribution in [0.1, 0.15) is 34.8 Å². The van der Waals surface area contributed by atoms with Crippen LogP contribution in [0.5, 0.6) is 0 Å². The lowest BCUT2D eigenvalue weighted by molar-refractivity contribution is -0.114. The number of aromatic nitrogens is 1. The molecule has 0 unspecified atom stereocenters. The number of hydrogen-bond acceptors (Lipinski definition) is 9. The van der Waals surface area contributed by atoms with E-state index in [4.69, 9.17) is 27.1 Å². The molecule has 0 aliphatic carbocycles. The lowest BCUT2D eigenvalue weighted by Crippen LogP contribution is -2.62. The van der Waals surface area contributed by atoms with E-state index in [-0.39, 0.29) is 26.6 Å². The molecule has 1 aromatic heterocycles. The van der Waals surface area contributed by atoms with Crippen molar-refractivity contribution in [1.29, 1.82) is 10.8 Å². The molecule has 1 fully saturated rings. The van der Waals surface area contributed by atoms with E-state index < -0.39 is 5.54 Å². The van der Waals surface area contributed by atoms with Gasteiger partial charge in [-0.05, 0) is 51.1 Å².